The molecule has 2 aromatic carbocycles. The average molecular weight is 395 g/mol. The molecule has 0 bridgehead atoms. The van der Waals surface area contributed by atoms with E-state index in [-0.39, 0.29) is 6.61 Å². The summed E-state index contributed by atoms with van der Waals surface area (Å²) in [7, 11) is 0. The van der Waals surface area contributed by atoms with Crippen LogP contribution in [0.25, 0.3) is 0 Å². The van der Waals surface area contributed by atoms with Gasteiger partial charge in [-0.05, 0) is 24.5 Å². The summed E-state index contributed by atoms with van der Waals surface area (Å²) < 4.78 is 5.08. The van der Waals surface area contributed by atoms with Crippen molar-refractivity contribution in [2.75, 3.05) is 6.61 Å². The van der Waals surface area contributed by atoms with Crippen LogP contribution >= 0.6 is 0 Å². The van der Waals surface area contributed by atoms with Gasteiger partial charge in [-0.2, -0.15) is 0 Å². The highest BCUT2D eigenvalue weighted by Gasteiger charge is 2.42. The van der Waals surface area contributed by atoms with Gasteiger partial charge in [-0.15, -0.1) is 0 Å². The van der Waals surface area contributed by atoms with Gasteiger partial charge in [0.15, 0.2) is 5.78 Å². The molecule has 2 amide bonds. The number of hydrogen-bond acceptors (Lipinski definition) is 5. The van der Waals surface area contributed by atoms with Crippen LogP contribution in [0.2, 0.25) is 0 Å². The SMILES string of the molecule is C[C@@H](C(=O)[C@H](C)[C@@H](O)c1ccccc1)C(=O)N1C(=O)OC[C@@H]1Cc1ccccc1. The summed E-state index contributed by atoms with van der Waals surface area (Å²) in [6.45, 7) is 3.17. The molecule has 1 N–H and O–H groups in total. The Morgan fingerprint density at radius 1 is 1.07 bits per heavy atom. The number of ether oxygens (including phenoxy) is 1. The van der Waals surface area contributed by atoms with E-state index >= 15 is 0 Å². The second kappa shape index (κ2) is 9.01. The number of carbonyl (C=O) groups excluding carboxylic acids is 3. The quantitative estimate of drug-likeness (QED) is 0.728. The Kier molecular flexibility index (Phi) is 6.44. The number of aliphatic hydroxyl groups is 1. The molecule has 1 heterocycles. The van der Waals surface area contributed by atoms with Crippen LogP contribution in [0.1, 0.15) is 31.1 Å². The maximum absolute atomic E-state index is 13.0. The van der Waals surface area contributed by atoms with Crippen molar-refractivity contribution in [2.45, 2.75) is 32.4 Å². The third-order valence-corrected chi connectivity index (χ3v) is 5.37. The Hall–Kier alpha value is -2.99. The van der Waals surface area contributed by atoms with E-state index in [0.717, 1.165) is 10.5 Å². The summed E-state index contributed by atoms with van der Waals surface area (Å²) in [6, 6.07) is 17.9. The van der Waals surface area contributed by atoms with E-state index in [1.54, 1.807) is 31.2 Å². The topological polar surface area (TPSA) is 83.9 Å². The second-order valence-corrected chi connectivity index (χ2v) is 7.40. The van der Waals surface area contributed by atoms with Crippen LogP contribution in [0, 0.1) is 11.8 Å². The monoisotopic (exact) mass is 395 g/mol. The van der Waals surface area contributed by atoms with E-state index in [1.165, 1.54) is 6.92 Å². The lowest BCUT2D eigenvalue weighted by Crippen LogP contribution is -2.46. The summed E-state index contributed by atoms with van der Waals surface area (Å²) >= 11 is 0. The molecule has 0 unspecified atom stereocenters. The first-order valence-electron chi connectivity index (χ1n) is 9.70. The van der Waals surface area contributed by atoms with Crippen molar-refractivity contribution in [1.29, 1.82) is 0 Å². The molecule has 0 spiro atoms. The van der Waals surface area contributed by atoms with Gasteiger partial charge < -0.3 is 9.84 Å². The number of rotatable bonds is 7. The molecular weight excluding hydrogens is 370 g/mol. The smallest absolute Gasteiger partial charge is 0.417 e. The minimum atomic E-state index is -1.06. The lowest BCUT2D eigenvalue weighted by atomic mass is 9.87. The largest absolute Gasteiger partial charge is 0.447 e. The van der Waals surface area contributed by atoms with Crippen LogP contribution in [-0.2, 0) is 20.7 Å². The van der Waals surface area contributed by atoms with Crippen molar-refractivity contribution < 1.29 is 24.2 Å². The number of imide groups is 1. The fraction of sp³-hybridized carbons (Fsp3) is 0.348. The van der Waals surface area contributed by atoms with Crippen LogP contribution in [-0.4, -0.2) is 40.4 Å². The van der Waals surface area contributed by atoms with Gasteiger partial charge in [0.2, 0.25) is 5.91 Å². The Balaban J connectivity index is 1.71. The Morgan fingerprint density at radius 3 is 2.28 bits per heavy atom. The number of carbonyl (C=O) groups is 3. The Labute approximate surface area is 170 Å². The van der Waals surface area contributed by atoms with E-state index in [1.807, 2.05) is 36.4 Å². The molecule has 0 aromatic heterocycles. The van der Waals surface area contributed by atoms with Gasteiger partial charge in [0.05, 0.1) is 18.1 Å². The molecule has 6 heteroatoms. The molecule has 0 aliphatic carbocycles. The minimum absolute atomic E-state index is 0.0998. The number of amides is 2. The molecule has 29 heavy (non-hydrogen) atoms. The molecule has 3 rings (SSSR count). The number of Topliss-reactive ketones (excluding diaryl/α,β-unsaturated/α-hetero) is 1. The highest BCUT2D eigenvalue weighted by atomic mass is 16.6. The molecule has 4 atom stereocenters. The van der Waals surface area contributed by atoms with Crippen molar-refractivity contribution in [3.63, 3.8) is 0 Å². The number of benzene rings is 2. The van der Waals surface area contributed by atoms with Gasteiger partial charge in [-0.3, -0.25) is 9.59 Å². The maximum atomic E-state index is 13.0. The third-order valence-electron chi connectivity index (χ3n) is 5.37. The number of hydrogen-bond donors (Lipinski definition) is 1. The van der Waals surface area contributed by atoms with E-state index in [4.69, 9.17) is 4.74 Å². The summed E-state index contributed by atoms with van der Waals surface area (Å²) in [4.78, 5) is 39.1. The number of aliphatic hydroxyl groups excluding tert-OH is 1. The lowest BCUT2D eigenvalue weighted by Gasteiger charge is -2.25. The zero-order chi connectivity index (χ0) is 21.0. The summed E-state index contributed by atoms with van der Waals surface area (Å²) in [5.74, 6) is -2.86. The van der Waals surface area contributed by atoms with E-state index < -0.39 is 41.8 Å². The minimum Gasteiger partial charge on any atom is -0.447 e. The van der Waals surface area contributed by atoms with Crippen LogP contribution in [0.4, 0.5) is 4.79 Å². The predicted octanol–water partition coefficient (Wildman–Crippen LogP) is 3.15. The van der Waals surface area contributed by atoms with Crippen molar-refractivity contribution in [3.05, 3.63) is 71.8 Å². The number of nitrogens with zero attached hydrogens (tertiary/aromatic N) is 1. The van der Waals surface area contributed by atoms with Gasteiger partial charge in [0.25, 0.3) is 0 Å². The van der Waals surface area contributed by atoms with E-state index in [2.05, 4.69) is 0 Å². The molecule has 2 aromatic rings. The van der Waals surface area contributed by atoms with Gasteiger partial charge in [0.1, 0.15) is 6.61 Å². The Bertz CT molecular complexity index is 867. The van der Waals surface area contributed by atoms with Crippen LogP contribution in [0.15, 0.2) is 60.7 Å². The molecule has 1 saturated heterocycles. The van der Waals surface area contributed by atoms with Crippen LogP contribution in [0.5, 0.6) is 0 Å². The van der Waals surface area contributed by atoms with Crippen molar-refractivity contribution in [1.82, 2.24) is 4.90 Å². The Morgan fingerprint density at radius 2 is 1.66 bits per heavy atom. The van der Waals surface area contributed by atoms with E-state index in [9.17, 15) is 19.5 Å². The van der Waals surface area contributed by atoms with Gasteiger partial charge in [-0.1, -0.05) is 67.6 Å². The van der Waals surface area contributed by atoms with Crippen LogP contribution in [0.3, 0.4) is 0 Å². The summed E-state index contributed by atoms with van der Waals surface area (Å²) in [5, 5.41) is 10.5. The molecular formula is C23H25NO5. The normalized spacial score (nSPS) is 19.3. The molecule has 0 radical (unpaired) electrons. The highest BCUT2D eigenvalue weighted by Crippen LogP contribution is 2.27. The summed E-state index contributed by atoms with van der Waals surface area (Å²) in [6.07, 6.45) is -1.29. The molecule has 152 valence electrons. The number of ketones is 1. The van der Waals surface area contributed by atoms with E-state index in [0.29, 0.717) is 12.0 Å². The van der Waals surface area contributed by atoms with Gasteiger partial charge in [-0.25, -0.2) is 9.69 Å². The molecule has 6 nitrogen and oxygen atoms in total. The molecule has 1 aliphatic rings. The van der Waals surface area contributed by atoms with Crippen molar-refractivity contribution in [3.8, 4) is 0 Å². The molecule has 1 aliphatic heterocycles. The lowest BCUT2D eigenvalue weighted by molar-refractivity contribution is -0.142. The fourth-order valence-electron chi connectivity index (χ4n) is 3.59. The predicted molar refractivity (Wildman–Crippen MR) is 107 cm³/mol. The van der Waals surface area contributed by atoms with Crippen molar-refractivity contribution in [2.24, 2.45) is 11.8 Å². The van der Waals surface area contributed by atoms with Crippen molar-refractivity contribution >= 4 is 17.8 Å². The first-order valence-corrected chi connectivity index (χ1v) is 9.70. The maximum Gasteiger partial charge on any atom is 0.417 e. The van der Waals surface area contributed by atoms with Gasteiger partial charge >= 0.3 is 6.09 Å². The standard InChI is InChI=1S/C23H25NO5/c1-15(21(26)18-11-7-4-8-12-18)20(25)16(2)22(27)24-19(14-29-23(24)28)13-17-9-5-3-6-10-17/h3-12,15-16,19,21,26H,13-14H2,1-2H3/t15-,16-,19-,21+/m0/s1. The zero-order valence-corrected chi connectivity index (χ0v) is 16.5. The first-order chi connectivity index (χ1) is 13.9. The van der Waals surface area contributed by atoms with Gasteiger partial charge in [0, 0.05) is 5.92 Å². The average Bonchev–Trinajstić information content (AvgIpc) is 3.12. The van der Waals surface area contributed by atoms with Crippen LogP contribution < -0.4 is 0 Å². The number of cyclic esters (lactones) is 1. The molecule has 0 saturated carbocycles. The zero-order valence-electron chi connectivity index (χ0n) is 16.5. The first kappa shape index (κ1) is 20.7. The fourth-order valence-corrected chi connectivity index (χ4v) is 3.59. The summed E-state index contributed by atoms with van der Waals surface area (Å²) in [5.41, 5.74) is 1.58. The molecule has 1 fully saturated rings. The second-order valence-electron chi connectivity index (χ2n) is 7.40. The highest BCUT2D eigenvalue weighted by molar-refractivity contribution is 6.07. The third kappa shape index (κ3) is 4.54.